The molecule has 3 aliphatic heterocycles. The molecule has 1 aromatic carbocycles. The minimum absolute atomic E-state index is 0.0420. The Bertz CT molecular complexity index is 860. The highest BCUT2D eigenvalue weighted by Gasteiger charge is 2.39. The van der Waals surface area contributed by atoms with Crippen LogP contribution < -0.4 is 10.2 Å². The molecule has 3 fully saturated rings. The zero-order valence-electron chi connectivity index (χ0n) is 17.4. The fraction of sp³-hybridized carbons (Fsp3) is 0.565. The molecule has 1 spiro atoms. The van der Waals surface area contributed by atoms with Crippen molar-refractivity contribution in [3.63, 3.8) is 0 Å². The molecule has 160 valence electrons. The average molecular weight is 411 g/mol. The third kappa shape index (κ3) is 3.72. The van der Waals surface area contributed by atoms with Gasteiger partial charge in [-0.2, -0.15) is 0 Å². The number of rotatable bonds is 3. The number of hydrogen-bond donors (Lipinski definition) is 1. The van der Waals surface area contributed by atoms with E-state index in [-0.39, 0.29) is 5.91 Å². The van der Waals surface area contributed by atoms with Gasteiger partial charge in [-0.05, 0) is 44.2 Å². The van der Waals surface area contributed by atoms with Crippen molar-refractivity contribution in [3.8, 4) is 11.3 Å². The zero-order valence-corrected chi connectivity index (χ0v) is 17.4. The van der Waals surface area contributed by atoms with Crippen LogP contribution in [0.2, 0.25) is 0 Å². The summed E-state index contributed by atoms with van der Waals surface area (Å²) in [6, 6.07) is 9.83. The van der Waals surface area contributed by atoms with E-state index in [2.05, 4.69) is 15.4 Å². The molecule has 0 atom stereocenters. The molecule has 3 saturated heterocycles. The van der Waals surface area contributed by atoms with Crippen LogP contribution in [0.1, 0.15) is 36.0 Å². The van der Waals surface area contributed by atoms with Crippen LogP contribution in [0.15, 0.2) is 34.9 Å². The number of ether oxygens (including phenoxy) is 1. The van der Waals surface area contributed by atoms with Gasteiger partial charge in [0, 0.05) is 31.7 Å². The number of nitrogens with one attached hydrogen (secondary N) is 1. The standard InChI is InChI=1S/C23H30N4O3/c28-22(27-12-8-23(9-13-27)6-10-24-11-7-23)19-20(18-4-2-1-3-5-18)30-25-21(19)26-14-16-29-17-15-26/h1-5,24H,6-17H2. The second-order valence-corrected chi connectivity index (χ2v) is 8.72. The monoisotopic (exact) mass is 410 g/mol. The van der Waals surface area contributed by atoms with Gasteiger partial charge < -0.3 is 24.4 Å². The summed E-state index contributed by atoms with van der Waals surface area (Å²) in [5.74, 6) is 1.27. The first-order valence-electron chi connectivity index (χ1n) is 11.1. The summed E-state index contributed by atoms with van der Waals surface area (Å²) < 4.78 is 11.3. The molecule has 7 nitrogen and oxygen atoms in total. The molecule has 1 N–H and O–H groups in total. The van der Waals surface area contributed by atoms with Gasteiger partial charge in [0.25, 0.3) is 5.91 Å². The van der Waals surface area contributed by atoms with Crippen molar-refractivity contribution in [1.29, 1.82) is 0 Å². The molecule has 2 aromatic rings. The summed E-state index contributed by atoms with van der Waals surface area (Å²) in [7, 11) is 0. The summed E-state index contributed by atoms with van der Waals surface area (Å²) in [5.41, 5.74) is 1.90. The number of aromatic nitrogens is 1. The Balaban J connectivity index is 1.43. The number of likely N-dealkylation sites (tertiary alicyclic amines) is 1. The van der Waals surface area contributed by atoms with E-state index in [9.17, 15) is 4.79 Å². The number of carbonyl (C=O) groups is 1. The van der Waals surface area contributed by atoms with Crippen molar-refractivity contribution >= 4 is 11.7 Å². The Morgan fingerprint density at radius 2 is 1.67 bits per heavy atom. The van der Waals surface area contributed by atoms with E-state index in [0.29, 0.717) is 35.8 Å². The Morgan fingerprint density at radius 3 is 2.37 bits per heavy atom. The maximum absolute atomic E-state index is 13.7. The lowest BCUT2D eigenvalue weighted by molar-refractivity contribution is 0.0496. The average Bonchev–Trinajstić information content (AvgIpc) is 3.26. The van der Waals surface area contributed by atoms with E-state index in [4.69, 9.17) is 9.26 Å². The Morgan fingerprint density at radius 1 is 0.967 bits per heavy atom. The summed E-state index contributed by atoms with van der Waals surface area (Å²) in [6.07, 6.45) is 4.60. The van der Waals surface area contributed by atoms with Crippen LogP contribution >= 0.6 is 0 Å². The minimum Gasteiger partial charge on any atom is -0.378 e. The number of anilines is 1. The highest BCUT2D eigenvalue weighted by Crippen LogP contribution is 2.41. The second-order valence-electron chi connectivity index (χ2n) is 8.72. The van der Waals surface area contributed by atoms with E-state index in [0.717, 1.165) is 57.7 Å². The third-order valence-electron chi connectivity index (χ3n) is 7.01. The number of amides is 1. The number of hydrogen-bond acceptors (Lipinski definition) is 6. The molecule has 30 heavy (non-hydrogen) atoms. The topological polar surface area (TPSA) is 70.8 Å². The second kappa shape index (κ2) is 8.40. The molecule has 0 radical (unpaired) electrons. The predicted octanol–water partition coefficient (Wildman–Crippen LogP) is 2.78. The first kappa shape index (κ1) is 19.6. The SMILES string of the molecule is O=C(c1c(N2CCOCC2)noc1-c1ccccc1)N1CCC2(CCNCC2)CC1. The van der Waals surface area contributed by atoms with Gasteiger partial charge in [0.15, 0.2) is 11.6 Å². The van der Waals surface area contributed by atoms with Crippen LogP contribution in [0.4, 0.5) is 5.82 Å². The minimum atomic E-state index is 0.0420. The van der Waals surface area contributed by atoms with Gasteiger partial charge >= 0.3 is 0 Å². The lowest BCUT2D eigenvalue weighted by atomic mass is 9.71. The molecule has 0 unspecified atom stereocenters. The smallest absolute Gasteiger partial charge is 0.261 e. The molecular weight excluding hydrogens is 380 g/mol. The molecule has 5 rings (SSSR count). The number of carbonyl (C=O) groups excluding carboxylic acids is 1. The van der Waals surface area contributed by atoms with Gasteiger partial charge in [0.2, 0.25) is 0 Å². The zero-order chi connectivity index (χ0) is 20.4. The van der Waals surface area contributed by atoms with Gasteiger partial charge in [0.1, 0.15) is 5.56 Å². The van der Waals surface area contributed by atoms with Crippen molar-refractivity contribution < 1.29 is 14.1 Å². The predicted molar refractivity (Wildman–Crippen MR) is 115 cm³/mol. The van der Waals surface area contributed by atoms with Crippen molar-refractivity contribution in [1.82, 2.24) is 15.4 Å². The van der Waals surface area contributed by atoms with Gasteiger partial charge in [-0.3, -0.25) is 4.79 Å². The maximum Gasteiger partial charge on any atom is 0.261 e. The third-order valence-corrected chi connectivity index (χ3v) is 7.01. The molecule has 7 heteroatoms. The van der Waals surface area contributed by atoms with Crippen LogP contribution in [0.5, 0.6) is 0 Å². The van der Waals surface area contributed by atoms with Crippen LogP contribution in [0, 0.1) is 5.41 Å². The normalized spacial score (nSPS) is 21.7. The number of nitrogens with zero attached hydrogens (tertiary/aromatic N) is 3. The number of morpholine rings is 1. The summed E-state index contributed by atoms with van der Waals surface area (Å²) in [6.45, 7) is 6.52. The fourth-order valence-corrected chi connectivity index (χ4v) is 5.05. The summed E-state index contributed by atoms with van der Waals surface area (Å²) in [4.78, 5) is 17.9. The quantitative estimate of drug-likeness (QED) is 0.839. The number of piperidine rings is 2. The highest BCUT2D eigenvalue weighted by molar-refractivity contribution is 6.04. The molecular formula is C23H30N4O3. The Hall–Kier alpha value is -2.38. The van der Waals surface area contributed by atoms with Crippen LogP contribution in [-0.2, 0) is 4.74 Å². The van der Waals surface area contributed by atoms with E-state index in [1.807, 2.05) is 35.2 Å². The molecule has 4 heterocycles. The van der Waals surface area contributed by atoms with Crippen molar-refractivity contribution in [2.45, 2.75) is 25.7 Å². The lowest BCUT2D eigenvalue weighted by Gasteiger charge is -2.44. The van der Waals surface area contributed by atoms with Crippen LogP contribution in [-0.4, -0.2) is 68.4 Å². The molecule has 0 aliphatic carbocycles. The van der Waals surface area contributed by atoms with E-state index >= 15 is 0 Å². The Labute approximate surface area is 177 Å². The molecule has 0 bridgehead atoms. The Kier molecular flexibility index (Phi) is 5.48. The molecule has 3 aliphatic rings. The van der Waals surface area contributed by atoms with Crippen molar-refractivity contribution in [2.75, 3.05) is 57.4 Å². The fourth-order valence-electron chi connectivity index (χ4n) is 5.05. The highest BCUT2D eigenvalue weighted by atomic mass is 16.5. The van der Waals surface area contributed by atoms with Crippen LogP contribution in [0.25, 0.3) is 11.3 Å². The molecule has 0 saturated carbocycles. The first-order chi connectivity index (χ1) is 14.8. The summed E-state index contributed by atoms with van der Waals surface area (Å²) in [5, 5.41) is 7.82. The maximum atomic E-state index is 13.7. The van der Waals surface area contributed by atoms with Gasteiger partial charge in [-0.1, -0.05) is 35.5 Å². The van der Waals surface area contributed by atoms with Gasteiger partial charge in [-0.15, -0.1) is 0 Å². The molecule has 1 aromatic heterocycles. The summed E-state index contributed by atoms with van der Waals surface area (Å²) >= 11 is 0. The largest absolute Gasteiger partial charge is 0.378 e. The van der Waals surface area contributed by atoms with E-state index < -0.39 is 0 Å². The lowest BCUT2D eigenvalue weighted by Crippen LogP contribution is -2.47. The van der Waals surface area contributed by atoms with Crippen LogP contribution in [0.3, 0.4) is 0 Å². The van der Waals surface area contributed by atoms with E-state index in [1.165, 1.54) is 12.8 Å². The van der Waals surface area contributed by atoms with Gasteiger partial charge in [0.05, 0.1) is 13.2 Å². The van der Waals surface area contributed by atoms with E-state index in [1.54, 1.807) is 0 Å². The number of benzene rings is 1. The van der Waals surface area contributed by atoms with Gasteiger partial charge in [-0.25, -0.2) is 0 Å². The van der Waals surface area contributed by atoms with Crippen molar-refractivity contribution in [2.24, 2.45) is 5.41 Å². The van der Waals surface area contributed by atoms with Crippen molar-refractivity contribution in [3.05, 3.63) is 35.9 Å². The first-order valence-corrected chi connectivity index (χ1v) is 11.1. The molecule has 1 amide bonds.